The number of rotatable bonds is 5. The number of imidazole rings is 1. The average Bonchev–Trinajstić information content (AvgIpc) is 2.89. The summed E-state index contributed by atoms with van der Waals surface area (Å²) in [6, 6.07) is 7.36. The van der Waals surface area contributed by atoms with E-state index in [0.717, 1.165) is 11.1 Å². The van der Waals surface area contributed by atoms with E-state index in [1.54, 1.807) is 16.7 Å². The first-order valence-corrected chi connectivity index (χ1v) is 9.07. The maximum absolute atomic E-state index is 11.8. The highest BCUT2D eigenvalue weighted by atomic mass is 31.2. The van der Waals surface area contributed by atoms with E-state index >= 15 is 0 Å². The third kappa shape index (κ3) is 4.21. The molecule has 0 amide bonds. The monoisotopic (exact) mass is 360 g/mol. The minimum absolute atomic E-state index is 0.0157. The molecule has 3 rings (SSSR count). The molecule has 0 fully saturated rings. The van der Waals surface area contributed by atoms with Gasteiger partial charge in [-0.1, -0.05) is 30.4 Å². The average molecular weight is 360 g/mol. The normalized spacial score (nSPS) is 14.2. The molecule has 0 aliphatic heterocycles. The lowest BCUT2D eigenvalue weighted by Crippen LogP contribution is -2.12. The molecule has 130 valence electrons. The summed E-state index contributed by atoms with van der Waals surface area (Å²) in [6.45, 7) is 0.411. The van der Waals surface area contributed by atoms with Crippen LogP contribution in [0.15, 0.2) is 41.5 Å². The molecule has 0 saturated carbocycles. The first-order valence-electron chi connectivity index (χ1n) is 7.31. The number of fused-ring (bicyclic) bond motifs is 1. The SMILES string of the molecule is Nc1nc2c(ncn2Cc2cccc(/C=C/CP(=O)([O-])O)c2)c(=O)[nH]1. The van der Waals surface area contributed by atoms with Gasteiger partial charge in [0, 0.05) is 6.16 Å². The Labute approximate surface area is 142 Å². The molecule has 0 aliphatic rings. The van der Waals surface area contributed by atoms with E-state index in [1.807, 2.05) is 18.2 Å². The summed E-state index contributed by atoms with van der Waals surface area (Å²) in [5, 5.41) is 0. The summed E-state index contributed by atoms with van der Waals surface area (Å²) in [6.07, 6.45) is 4.07. The number of anilines is 1. The van der Waals surface area contributed by atoms with Crippen molar-refractivity contribution in [3.63, 3.8) is 0 Å². The van der Waals surface area contributed by atoms with Gasteiger partial charge in [0.1, 0.15) is 7.60 Å². The number of nitrogen functional groups attached to an aromatic ring is 1. The van der Waals surface area contributed by atoms with Gasteiger partial charge in [0.15, 0.2) is 11.2 Å². The lowest BCUT2D eigenvalue weighted by Gasteiger charge is -2.11. The number of hydrogen-bond acceptors (Lipinski definition) is 6. The van der Waals surface area contributed by atoms with Crippen molar-refractivity contribution in [1.82, 2.24) is 19.5 Å². The Bertz CT molecular complexity index is 1050. The quantitative estimate of drug-likeness (QED) is 0.554. The number of aromatic nitrogens is 4. The molecule has 0 bridgehead atoms. The summed E-state index contributed by atoms with van der Waals surface area (Å²) >= 11 is 0. The third-order valence-corrected chi connectivity index (χ3v) is 4.12. The Hall–Kier alpha value is -2.74. The van der Waals surface area contributed by atoms with Crippen molar-refractivity contribution in [2.45, 2.75) is 6.54 Å². The molecule has 4 N–H and O–H groups in total. The van der Waals surface area contributed by atoms with Crippen LogP contribution in [0.4, 0.5) is 5.95 Å². The largest absolute Gasteiger partial charge is 0.778 e. The summed E-state index contributed by atoms with van der Waals surface area (Å²) < 4.78 is 12.5. The van der Waals surface area contributed by atoms with Crippen LogP contribution in [0, 0.1) is 0 Å². The molecular formula is C15H15N5O4P-. The lowest BCUT2D eigenvalue weighted by molar-refractivity contribution is -0.192. The van der Waals surface area contributed by atoms with Crippen LogP contribution in [0.2, 0.25) is 0 Å². The molecule has 3 aromatic rings. The molecule has 1 unspecified atom stereocenters. The van der Waals surface area contributed by atoms with Crippen molar-refractivity contribution in [2.75, 3.05) is 11.9 Å². The lowest BCUT2D eigenvalue weighted by atomic mass is 10.1. The molecule has 0 spiro atoms. The zero-order valence-corrected chi connectivity index (χ0v) is 13.9. The fourth-order valence-corrected chi connectivity index (χ4v) is 2.77. The highest BCUT2D eigenvalue weighted by molar-refractivity contribution is 7.50. The summed E-state index contributed by atoms with van der Waals surface area (Å²) in [5.74, 6) is 0.0157. The van der Waals surface area contributed by atoms with Gasteiger partial charge in [-0.25, -0.2) is 4.98 Å². The van der Waals surface area contributed by atoms with Crippen LogP contribution in [0.25, 0.3) is 17.2 Å². The standard InChI is InChI=1S/C15H16N5O4P/c16-15-18-13-12(14(21)19-15)17-9-20(13)8-11-4-1-3-10(7-11)5-2-6-25(22,23)24/h1-5,7,9H,6,8H2,(H2,22,23,24)(H3,16,18,19,21)/p-1/b5-2+. The zero-order chi connectivity index (χ0) is 18.0. The molecule has 10 heteroatoms. The third-order valence-electron chi connectivity index (χ3n) is 3.44. The number of nitrogens with zero attached hydrogens (tertiary/aromatic N) is 3. The highest BCUT2D eigenvalue weighted by Gasteiger charge is 2.09. The number of allylic oxidation sites excluding steroid dienone is 1. The van der Waals surface area contributed by atoms with Gasteiger partial charge in [-0.2, -0.15) is 4.98 Å². The van der Waals surface area contributed by atoms with Crippen LogP contribution in [-0.4, -0.2) is 30.6 Å². The van der Waals surface area contributed by atoms with E-state index in [9.17, 15) is 14.3 Å². The number of aromatic amines is 1. The second-order valence-corrected chi connectivity index (χ2v) is 7.10. The van der Waals surface area contributed by atoms with E-state index < -0.39 is 19.3 Å². The topological polar surface area (TPSA) is 150 Å². The predicted octanol–water partition coefficient (Wildman–Crippen LogP) is 0.309. The van der Waals surface area contributed by atoms with Crippen molar-refractivity contribution in [3.05, 3.63) is 58.1 Å². The molecular weight excluding hydrogens is 345 g/mol. The number of nitrogens with two attached hydrogens (primary N) is 1. The Kier molecular flexibility index (Phi) is 4.54. The van der Waals surface area contributed by atoms with Gasteiger partial charge in [0.25, 0.3) is 5.56 Å². The van der Waals surface area contributed by atoms with Crippen LogP contribution >= 0.6 is 7.60 Å². The van der Waals surface area contributed by atoms with Crippen molar-refractivity contribution < 1.29 is 14.4 Å². The first-order chi connectivity index (χ1) is 11.8. The number of nitrogens with one attached hydrogen (secondary N) is 1. The van der Waals surface area contributed by atoms with Gasteiger partial charge in [-0.05, 0) is 17.2 Å². The van der Waals surface area contributed by atoms with Crippen molar-refractivity contribution in [3.8, 4) is 0 Å². The van der Waals surface area contributed by atoms with E-state index in [-0.39, 0.29) is 11.5 Å². The summed E-state index contributed by atoms with van der Waals surface area (Å²) in [7, 11) is -4.30. The molecule has 0 aliphatic carbocycles. The first kappa shape index (κ1) is 17.1. The molecule has 2 heterocycles. The molecule has 2 aromatic heterocycles. The van der Waals surface area contributed by atoms with Crippen molar-refractivity contribution >= 4 is 30.8 Å². The van der Waals surface area contributed by atoms with E-state index in [4.69, 9.17) is 10.6 Å². The van der Waals surface area contributed by atoms with Gasteiger partial charge < -0.3 is 24.7 Å². The Balaban J connectivity index is 1.86. The second-order valence-electron chi connectivity index (χ2n) is 5.46. The fraction of sp³-hybridized carbons (Fsp3) is 0.133. The maximum atomic E-state index is 11.8. The van der Waals surface area contributed by atoms with Crippen LogP contribution in [0.1, 0.15) is 11.1 Å². The second kappa shape index (κ2) is 6.64. The van der Waals surface area contributed by atoms with Crippen LogP contribution in [0.3, 0.4) is 0 Å². The number of H-pyrrole nitrogens is 1. The number of benzene rings is 1. The van der Waals surface area contributed by atoms with Gasteiger partial charge in [0.05, 0.1) is 12.9 Å². The summed E-state index contributed by atoms with van der Waals surface area (Å²) in [4.78, 5) is 41.9. The molecule has 0 saturated heterocycles. The van der Waals surface area contributed by atoms with Gasteiger partial charge in [0.2, 0.25) is 5.95 Å². The fourth-order valence-electron chi connectivity index (χ4n) is 2.40. The summed E-state index contributed by atoms with van der Waals surface area (Å²) in [5.41, 5.74) is 7.45. The van der Waals surface area contributed by atoms with Gasteiger partial charge in [-0.3, -0.25) is 9.78 Å². The molecule has 25 heavy (non-hydrogen) atoms. The minimum Gasteiger partial charge on any atom is -0.778 e. The van der Waals surface area contributed by atoms with Crippen molar-refractivity contribution in [2.24, 2.45) is 0 Å². The minimum atomic E-state index is -4.30. The Morgan fingerprint density at radius 1 is 1.44 bits per heavy atom. The number of hydrogen-bond donors (Lipinski definition) is 3. The van der Waals surface area contributed by atoms with Gasteiger partial charge in [-0.15, -0.1) is 0 Å². The molecule has 9 nitrogen and oxygen atoms in total. The molecule has 0 radical (unpaired) electrons. The van der Waals surface area contributed by atoms with Gasteiger partial charge >= 0.3 is 0 Å². The maximum Gasteiger partial charge on any atom is 0.280 e. The predicted molar refractivity (Wildman–Crippen MR) is 91.8 cm³/mol. The van der Waals surface area contributed by atoms with Crippen LogP contribution in [0.5, 0.6) is 0 Å². The smallest absolute Gasteiger partial charge is 0.280 e. The van der Waals surface area contributed by atoms with E-state index in [1.165, 1.54) is 12.4 Å². The van der Waals surface area contributed by atoms with Crippen LogP contribution in [-0.2, 0) is 11.1 Å². The van der Waals surface area contributed by atoms with Crippen LogP contribution < -0.4 is 16.2 Å². The van der Waals surface area contributed by atoms with E-state index in [2.05, 4.69) is 15.0 Å². The Morgan fingerprint density at radius 2 is 2.24 bits per heavy atom. The Morgan fingerprint density at radius 3 is 3.00 bits per heavy atom. The van der Waals surface area contributed by atoms with E-state index in [0.29, 0.717) is 12.2 Å². The highest BCUT2D eigenvalue weighted by Crippen LogP contribution is 2.28. The molecule has 1 aromatic carbocycles. The van der Waals surface area contributed by atoms with Crippen molar-refractivity contribution in [1.29, 1.82) is 0 Å². The zero-order valence-electron chi connectivity index (χ0n) is 13.0. The molecule has 1 atom stereocenters.